The molecule has 0 aromatic carbocycles. The summed E-state index contributed by atoms with van der Waals surface area (Å²) in [5.41, 5.74) is -0.767. The van der Waals surface area contributed by atoms with Gasteiger partial charge in [-0.2, -0.15) is 0 Å². The fourth-order valence-corrected chi connectivity index (χ4v) is 0.995. The highest BCUT2D eigenvalue weighted by molar-refractivity contribution is 5.87. The summed E-state index contributed by atoms with van der Waals surface area (Å²) in [5, 5.41) is 2.54. The Morgan fingerprint density at radius 1 is 1.70 bits per heavy atom. The van der Waals surface area contributed by atoms with Gasteiger partial charge in [0.2, 0.25) is 5.91 Å². The highest BCUT2D eigenvalue weighted by Gasteiger charge is 2.34. The van der Waals surface area contributed by atoms with Gasteiger partial charge < -0.3 is 10.1 Å². The lowest BCUT2D eigenvalue weighted by Crippen LogP contribution is -2.40. The zero-order valence-corrected chi connectivity index (χ0v) is 5.59. The third-order valence-corrected chi connectivity index (χ3v) is 1.71. The van der Waals surface area contributed by atoms with E-state index in [1.807, 2.05) is 0 Å². The lowest BCUT2D eigenvalue weighted by Gasteiger charge is -2.15. The van der Waals surface area contributed by atoms with E-state index >= 15 is 0 Å². The minimum absolute atomic E-state index is 0.0769. The molecular formula is C7H9NO2. The van der Waals surface area contributed by atoms with Gasteiger partial charge in [-0.3, -0.25) is 4.79 Å². The Balaban J connectivity index is 2.77. The van der Waals surface area contributed by atoms with Gasteiger partial charge in [0, 0.05) is 6.42 Å². The van der Waals surface area contributed by atoms with Crippen molar-refractivity contribution in [1.82, 2.24) is 5.32 Å². The van der Waals surface area contributed by atoms with Crippen LogP contribution >= 0.6 is 0 Å². The van der Waals surface area contributed by atoms with E-state index in [0.29, 0.717) is 12.8 Å². The van der Waals surface area contributed by atoms with Crippen molar-refractivity contribution >= 4 is 12.2 Å². The molecule has 1 amide bonds. The molecule has 0 saturated carbocycles. The van der Waals surface area contributed by atoms with E-state index in [4.69, 9.17) is 0 Å². The number of carbonyl (C=O) groups excluding carboxylic acids is 2. The molecule has 1 aliphatic rings. The van der Waals surface area contributed by atoms with Crippen LogP contribution in [0.2, 0.25) is 0 Å². The van der Waals surface area contributed by atoms with Gasteiger partial charge in [-0.05, 0) is 6.42 Å². The number of hydrogen-bond donors (Lipinski definition) is 1. The molecule has 1 fully saturated rings. The normalized spacial score (nSPS) is 31.4. The van der Waals surface area contributed by atoms with Crippen molar-refractivity contribution in [2.45, 2.75) is 18.4 Å². The highest BCUT2D eigenvalue weighted by Crippen LogP contribution is 2.18. The average molecular weight is 139 g/mol. The van der Waals surface area contributed by atoms with Crippen molar-refractivity contribution in [3.8, 4) is 0 Å². The molecule has 0 radical (unpaired) electrons. The quantitative estimate of drug-likeness (QED) is 0.433. The van der Waals surface area contributed by atoms with Crippen molar-refractivity contribution in [2.24, 2.45) is 0 Å². The second kappa shape index (κ2) is 2.25. The van der Waals surface area contributed by atoms with Crippen LogP contribution in [0.15, 0.2) is 12.7 Å². The van der Waals surface area contributed by atoms with Crippen molar-refractivity contribution in [2.75, 3.05) is 0 Å². The first-order valence-electron chi connectivity index (χ1n) is 3.13. The maximum atomic E-state index is 10.7. The first-order valence-corrected chi connectivity index (χ1v) is 3.13. The second-order valence-corrected chi connectivity index (χ2v) is 2.41. The first-order chi connectivity index (χ1) is 4.72. The van der Waals surface area contributed by atoms with E-state index < -0.39 is 5.54 Å². The van der Waals surface area contributed by atoms with E-state index in [-0.39, 0.29) is 5.91 Å². The molecule has 1 rings (SSSR count). The Morgan fingerprint density at radius 3 is 2.60 bits per heavy atom. The number of nitrogens with one attached hydrogen (secondary N) is 1. The monoisotopic (exact) mass is 139 g/mol. The summed E-state index contributed by atoms with van der Waals surface area (Å²) in [6.45, 7) is 3.47. The number of hydrogen-bond acceptors (Lipinski definition) is 2. The van der Waals surface area contributed by atoms with Crippen LogP contribution in [-0.4, -0.2) is 17.7 Å². The molecule has 1 heterocycles. The van der Waals surface area contributed by atoms with E-state index in [9.17, 15) is 9.59 Å². The molecule has 10 heavy (non-hydrogen) atoms. The molecule has 1 aliphatic heterocycles. The fraction of sp³-hybridized carbons (Fsp3) is 0.429. The van der Waals surface area contributed by atoms with Gasteiger partial charge in [0.05, 0.1) is 0 Å². The number of rotatable bonds is 2. The van der Waals surface area contributed by atoms with Crippen LogP contribution < -0.4 is 5.32 Å². The first kappa shape index (κ1) is 6.99. The molecular weight excluding hydrogens is 130 g/mol. The van der Waals surface area contributed by atoms with Crippen LogP contribution in [0.4, 0.5) is 0 Å². The van der Waals surface area contributed by atoms with E-state index in [0.717, 1.165) is 6.29 Å². The lowest BCUT2D eigenvalue weighted by atomic mass is 10.0. The third-order valence-electron chi connectivity index (χ3n) is 1.71. The number of amides is 1. The lowest BCUT2D eigenvalue weighted by molar-refractivity contribution is -0.121. The van der Waals surface area contributed by atoms with Crippen LogP contribution in [0.25, 0.3) is 0 Å². The highest BCUT2D eigenvalue weighted by atomic mass is 16.2. The van der Waals surface area contributed by atoms with Crippen molar-refractivity contribution in [3.63, 3.8) is 0 Å². The average Bonchev–Trinajstić information content (AvgIpc) is 2.33. The third kappa shape index (κ3) is 0.943. The van der Waals surface area contributed by atoms with E-state index in [1.165, 1.54) is 6.08 Å². The molecule has 1 saturated heterocycles. The van der Waals surface area contributed by atoms with Gasteiger partial charge in [-0.1, -0.05) is 6.08 Å². The molecule has 0 aliphatic carbocycles. The van der Waals surface area contributed by atoms with Gasteiger partial charge in [0.1, 0.15) is 11.8 Å². The molecule has 54 valence electrons. The summed E-state index contributed by atoms with van der Waals surface area (Å²) in [6, 6.07) is 0. The Bertz CT molecular complexity index is 178. The summed E-state index contributed by atoms with van der Waals surface area (Å²) >= 11 is 0. The van der Waals surface area contributed by atoms with Crippen LogP contribution in [0.3, 0.4) is 0 Å². The molecule has 1 N–H and O–H groups in total. The summed E-state index contributed by atoms with van der Waals surface area (Å²) in [6.07, 6.45) is 3.17. The van der Waals surface area contributed by atoms with Gasteiger partial charge in [-0.15, -0.1) is 6.58 Å². The maximum absolute atomic E-state index is 10.7. The van der Waals surface area contributed by atoms with Gasteiger partial charge in [0.25, 0.3) is 0 Å². The fourth-order valence-electron chi connectivity index (χ4n) is 0.995. The summed E-state index contributed by atoms with van der Waals surface area (Å²) in [4.78, 5) is 21.1. The number of carbonyl (C=O) groups is 2. The van der Waals surface area contributed by atoms with E-state index in [2.05, 4.69) is 11.9 Å². The molecule has 1 unspecified atom stereocenters. The predicted molar refractivity (Wildman–Crippen MR) is 36.4 cm³/mol. The second-order valence-electron chi connectivity index (χ2n) is 2.41. The van der Waals surface area contributed by atoms with Crippen molar-refractivity contribution < 1.29 is 9.59 Å². The van der Waals surface area contributed by atoms with Gasteiger partial charge >= 0.3 is 0 Å². The Labute approximate surface area is 59.1 Å². The minimum atomic E-state index is -0.767. The SMILES string of the molecule is C=CC1(C=O)CCC(=O)N1. The molecule has 3 nitrogen and oxygen atoms in total. The molecule has 0 aromatic heterocycles. The van der Waals surface area contributed by atoms with Gasteiger partial charge in [0.15, 0.2) is 0 Å². The Morgan fingerprint density at radius 2 is 2.40 bits per heavy atom. The number of aldehydes is 1. The summed E-state index contributed by atoms with van der Waals surface area (Å²) < 4.78 is 0. The zero-order chi connectivity index (χ0) is 7.61. The maximum Gasteiger partial charge on any atom is 0.221 e. The molecule has 3 heteroatoms. The van der Waals surface area contributed by atoms with Crippen LogP contribution in [0.1, 0.15) is 12.8 Å². The topological polar surface area (TPSA) is 46.2 Å². The van der Waals surface area contributed by atoms with Crippen LogP contribution in [0, 0.1) is 0 Å². The predicted octanol–water partition coefficient (Wildman–Crippen LogP) is 0.0201. The van der Waals surface area contributed by atoms with Crippen LogP contribution in [-0.2, 0) is 9.59 Å². The Kier molecular flexibility index (Phi) is 1.57. The molecule has 0 aromatic rings. The van der Waals surface area contributed by atoms with Crippen LogP contribution in [0.5, 0.6) is 0 Å². The van der Waals surface area contributed by atoms with Crippen molar-refractivity contribution in [1.29, 1.82) is 0 Å². The largest absolute Gasteiger partial charge is 0.340 e. The molecule has 0 spiro atoms. The van der Waals surface area contributed by atoms with Gasteiger partial charge in [-0.25, -0.2) is 0 Å². The smallest absolute Gasteiger partial charge is 0.221 e. The molecule has 0 bridgehead atoms. The van der Waals surface area contributed by atoms with E-state index in [1.54, 1.807) is 0 Å². The summed E-state index contributed by atoms with van der Waals surface area (Å²) in [5.74, 6) is -0.0769. The minimum Gasteiger partial charge on any atom is -0.340 e. The zero-order valence-electron chi connectivity index (χ0n) is 5.59. The molecule has 1 atom stereocenters. The standard InChI is InChI=1S/C7H9NO2/c1-2-7(5-9)4-3-6(10)8-7/h2,5H,1,3-4H2,(H,8,10). The summed E-state index contributed by atoms with van der Waals surface area (Å²) in [7, 11) is 0. The van der Waals surface area contributed by atoms with Crippen molar-refractivity contribution in [3.05, 3.63) is 12.7 Å². The Hall–Kier alpha value is -1.12.